The van der Waals surface area contributed by atoms with Crippen LogP contribution in [0.1, 0.15) is 32.1 Å². The number of fused-ring (bicyclic) bond motifs is 3. The summed E-state index contributed by atoms with van der Waals surface area (Å²) < 4.78 is 0. The zero-order chi connectivity index (χ0) is 7.97. The number of hydrogen-bond donors (Lipinski definition) is 0. The Hall–Kier alpha value is 0.350. The summed E-state index contributed by atoms with van der Waals surface area (Å²) >= 11 is 2.22. The van der Waals surface area contributed by atoms with Gasteiger partial charge in [0.15, 0.2) is 0 Å². The summed E-state index contributed by atoms with van der Waals surface area (Å²) in [5.74, 6) is 7.63. The van der Waals surface area contributed by atoms with E-state index in [1.165, 1.54) is 30.3 Å². The van der Waals surface area contributed by atoms with Crippen molar-refractivity contribution >= 4 is 11.8 Å². The first-order valence-electron chi connectivity index (χ1n) is 5.53. The Labute approximate surface area is 79.5 Å². The average molecular weight is 182 g/mol. The van der Waals surface area contributed by atoms with E-state index in [1.807, 2.05) is 0 Å². The molecular weight excluding hydrogens is 164 g/mol. The second-order valence-corrected chi connectivity index (χ2v) is 5.98. The molecule has 12 heavy (non-hydrogen) atoms. The van der Waals surface area contributed by atoms with Crippen molar-refractivity contribution in [3.05, 3.63) is 0 Å². The summed E-state index contributed by atoms with van der Waals surface area (Å²) in [6.07, 6.45) is 7.82. The number of thioether (sulfide) groups is 1. The van der Waals surface area contributed by atoms with E-state index < -0.39 is 0 Å². The van der Waals surface area contributed by atoms with Crippen LogP contribution in [0.15, 0.2) is 0 Å². The summed E-state index contributed by atoms with van der Waals surface area (Å²) in [5, 5.41) is 0. The molecule has 4 atom stereocenters. The van der Waals surface area contributed by atoms with Crippen LogP contribution in [0.5, 0.6) is 0 Å². The van der Waals surface area contributed by atoms with Crippen molar-refractivity contribution in [2.45, 2.75) is 32.1 Å². The van der Waals surface area contributed by atoms with Crippen LogP contribution in [-0.2, 0) is 0 Å². The maximum Gasteiger partial charge on any atom is -0.00333 e. The molecule has 1 heteroatoms. The molecule has 3 rings (SSSR count). The van der Waals surface area contributed by atoms with Gasteiger partial charge in [-0.05, 0) is 48.0 Å². The lowest BCUT2D eigenvalue weighted by molar-refractivity contribution is 0.237. The van der Waals surface area contributed by atoms with Gasteiger partial charge in [-0.25, -0.2) is 0 Å². The largest absolute Gasteiger partial charge is 0.161 e. The third kappa shape index (κ3) is 1.05. The van der Waals surface area contributed by atoms with Gasteiger partial charge in [-0.2, -0.15) is 11.8 Å². The maximum absolute atomic E-state index is 2.22. The first-order valence-corrected chi connectivity index (χ1v) is 6.68. The molecule has 2 saturated carbocycles. The first-order chi connectivity index (χ1) is 5.95. The van der Waals surface area contributed by atoms with E-state index in [1.54, 1.807) is 19.3 Å². The fourth-order valence-electron chi connectivity index (χ4n) is 3.81. The molecule has 3 fully saturated rings. The second kappa shape index (κ2) is 2.94. The van der Waals surface area contributed by atoms with Crippen molar-refractivity contribution in [1.82, 2.24) is 0 Å². The predicted octanol–water partition coefficient (Wildman–Crippen LogP) is 3.18. The zero-order valence-electron chi connectivity index (χ0n) is 7.67. The van der Waals surface area contributed by atoms with E-state index in [0.717, 1.165) is 17.8 Å². The van der Waals surface area contributed by atoms with Gasteiger partial charge in [-0.15, -0.1) is 0 Å². The molecule has 0 amide bonds. The van der Waals surface area contributed by atoms with Crippen molar-refractivity contribution < 1.29 is 0 Å². The Morgan fingerprint density at radius 1 is 0.833 bits per heavy atom. The summed E-state index contributed by atoms with van der Waals surface area (Å²) in [6.45, 7) is 0. The van der Waals surface area contributed by atoms with Gasteiger partial charge in [-0.1, -0.05) is 19.3 Å². The smallest absolute Gasteiger partial charge is 0.00333 e. The lowest BCUT2D eigenvalue weighted by atomic mass is 9.78. The van der Waals surface area contributed by atoms with Crippen molar-refractivity contribution in [1.29, 1.82) is 0 Å². The molecule has 0 nitrogen and oxygen atoms in total. The van der Waals surface area contributed by atoms with E-state index in [4.69, 9.17) is 0 Å². The van der Waals surface area contributed by atoms with Crippen LogP contribution in [0.3, 0.4) is 0 Å². The molecule has 0 aromatic carbocycles. The fraction of sp³-hybridized carbons (Fsp3) is 1.00. The van der Waals surface area contributed by atoms with Crippen molar-refractivity contribution in [2.24, 2.45) is 23.7 Å². The minimum atomic E-state index is 1.14. The number of rotatable bonds is 0. The molecule has 0 radical (unpaired) electrons. The molecule has 0 aromatic rings. The SMILES string of the molecule is C1CCC2C(C1)CC1CSCC12. The van der Waals surface area contributed by atoms with Crippen LogP contribution < -0.4 is 0 Å². The third-order valence-electron chi connectivity index (χ3n) is 4.37. The Morgan fingerprint density at radius 2 is 1.75 bits per heavy atom. The molecule has 2 aliphatic carbocycles. The van der Waals surface area contributed by atoms with Crippen molar-refractivity contribution in [3.8, 4) is 0 Å². The molecule has 0 N–H and O–H groups in total. The van der Waals surface area contributed by atoms with Gasteiger partial charge in [0.05, 0.1) is 0 Å². The fourth-order valence-corrected chi connectivity index (χ4v) is 5.43. The molecule has 0 aromatic heterocycles. The van der Waals surface area contributed by atoms with E-state index >= 15 is 0 Å². The summed E-state index contributed by atoms with van der Waals surface area (Å²) in [6, 6.07) is 0. The minimum absolute atomic E-state index is 1.14. The van der Waals surface area contributed by atoms with Gasteiger partial charge < -0.3 is 0 Å². The molecular formula is C11H18S. The van der Waals surface area contributed by atoms with Crippen LogP contribution in [0, 0.1) is 23.7 Å². The molecule has 1 heterocycles. The highest BCUT2D eigenvalue weighted by molar-refractivity contribution is 7.99. The zero-order valence-corrected chi connectivity index (χ0v) is 8.48. The number of hydrogen-bond acceptors (Lipinski definition) is 1. The summed E-state index contributed by atoms with van der Waals surface area (Å²) in [4.78, 5) is 0. The van der Waals surface area contributed by atoms with Crippen molar-refractivity contribution in [3.63, 3.8) is 0 Å². The van der Waals surface area contributed by atoms with Gasteiger partial charge >= 0.3 is 0 Å². The van der Waals surface area contributed by atoms with Crippen LogP contribution in [0.25, 0.3) is 0 Å². The summed E-state index contributed by atoms with van der Waals surface area (Å²) in [7, 11) is 0. The minimum Gasteiger partial charge on any atom is -0.161 e. The standard InChI is InChI=1S/C11H18S/c1-2-4-10-8(3-1)5-9-6-12-7-11(9)10/h8-11H,1-7H2. The quantitative estimate of drug-likeness (QED) is 0.554. The Balaban J connectivity index is 1.79. The van der Waals surface area contributed by atoms with Gasteiger partial charge in [0.25, 0.3) is 0 Å². The Bertz CT molecular complexity index is 178. The first kappa shape index (κ1) is 7.73. The highest BCUT2D eigenvalue weighted by Gasteiger charge is 2.45. The molecule has 1 aliphatic heterocycles. The van der Waals surface area contributed by atoms with E-state index in [0.29, 0.717) is 0 Å². The third-order valence-corrected chi connectivity index (χ3v) is 5.66. The lowest BCUT2D eigenvalue weighted by Crippen LogP contribution is -2.20. The normalized spacial score (nSPS) is 52.0. The molecule has 0 bridgehead atoms. The molecule has 0 spiro atoms. The van der Waals surface area contributed by atoms with E-state index in [2.05, 4.69) is 11.8 Å². The van der Waals surface area contributed by atoms with Gasteiger partial charge in [0.2, 0.25) is 0 Å². The van der Waals surface area contributed by atoms with Crippen molar-refractivity contribution in [2.75, 3.05) is 11.5 Å². The Kier molecular flexibility index (Phi) is 1.89. The van der Waals surface area contributed by atoms with E-state index in [9.17, 15) is 0 Å². The molecule has 1 saturated heterocycles. The Morgan fingerprint density at radius 3 is 2.75 bits per heavy atom. The van der Waals surface area contributed by atoms with Gasteiger partial charge in [0, 0.05) is 0 Å². The summed E-state index contributed by atoms with van der Waals surface area (Å²) in [5.41, 5.74) is 0. The highest BCUT2D eigenvalue weighted by atomic mass is 32.2. The van der Waals surface area contributed by atoms with Crippen LogP contribution >= 0.6 is 11.8 Å². The molecule has 4 unspecified atom stereocenters. The van der Waals surface area contributed by atoms with Crippen LogP contribution in [-0.4, -0.2) is 11.5 Å². The maximum atomic E-state index is 2.22. The molecule has 3 aliphatic rings. The lowest BCUT2D eigenvalue weighted by Gasteiger charge is -2.28. The van der Waals surface area contributed by atoms with Gasteiger partial charge in [-0.3, -0.25) is 0 Å². The highest BCUT2D eigenvalue weighted by Crippen LogP contribution is 2.53. The van der Waals surface area contributed by atoms with Crippen LogP contribution in [0.2, 0.25) is 0 Å². The predicted molar refractivity (Wildman–Crippen MR) is 54.4 cm³/mol. The van der Waals surface area contributed by atoms with E-state index in [-0.39, 0.29) is 0 Å². The average Bonchev–Trinajstić information content (AvgIpc) is 2.62. The monoisotopic (exact) mass is 182 g/mol. The van der Waals surface area contributed by atoms with Gasteiger partial charge in [0.1, 0.15) is 0 Å². The second-order valence-electron chi connectivity index (χ2n) is 4.91. The van der Waals surface area contributed by atoms with Crippen LogP contribution in [0.4, 0.5) is 0 Å². The topological polar surface area (TPSA) is 0 Å². The molecule has 68 valence electrons.